The van der Waals surface area contributed by atoms with Gasteiger partial charge in [-0.2, -0.15) is 0 Å². The molecule has 0 saturated carbocycles. The molecule has 0 N–H and O–H groups in total. The van der Waals surface area contributed by atoms with E-state index in [4.69, 9.17) is 4.98 Å². The van der Waals surface area contributed by atoms with Crippen LogP contribution >= 0.6 is 0 Å². The first-order valence-electron chi connectivity index (χ1n) is 15.6. The Bertz CT molecular complexity index is 1240. The zero-order valence-corrected chi connectivity index (χ0v) is 24.8. The Morgan fingerprint density at radius 3 is 2.08 bits per heavy atom. The van der Waals surface area contributed by atoms with Gasteiger partial charge in [0.15, 0.2) is 0 Å². The van der Waals surface area contributed by atoms with E-state index in [-0.39, 0.29) is 23.3 Å². The summed E-state index contributed by atoms with van der Waals surface area (Å²) in [5.41, 5.74) is 0.961. The first-order valence-corrected chi connectivity index (χ1v) is 15.6. The Morgan fingerprint density at radius 2 is 1.43 bits per heavy atom. The Hall–Kier alpha value is -3.02. The second kappa shape index (κ2) is 16.9. The molecule has 0 saturated heterocycles. The third kappa shape index (κ3) is 8.74. The van der Waals surface area contributed by atoms with Crippen molar-refractivity contribution in [2.24, 2.45) is 0 Å². The number of benzene rings is 2. The number of para-hydroxylation sites is 1. The van der Waals surface area contributed by atoms with Crippen LogP contribution in [0.2, 0.25) is 0 Å². The Kier molecular flexibility index (Phi) is 13.3. The van der Waals surface area contributed by atoms with Crippen LogP contribution in [0.1, 0.15) is 123 Å². The average molecular weight is 550 g/mol. The second-order valence-electron chi connectivity index (χ2n) is 10.9. The number of halogens is 1. The summed E-state index contributed by atoms with van der Waals surface area (Å²) in [6.45, 7) is 7.07. The number of unbranched alkanes of at least 4 members (excludes halogenated alkanes) is 10. The van der Waals surface area contributed by atoms with Crippen LogP contribution in [0.25, 0.3) is 16.6 Å². The van der Waals surface area contributed by atoms with Gasteiger partial charge in [-0.25, -0.2) is 9.37 Å². The third-order valence-electron chi connectivity index (χ3n) is 7.76. The van der Waals surface area contributed by atoms with E-state index in [2.05, 4.69) is 13.8 Å². The first kappa shape index (κ1) is 31.5. The fourth-order valence-electron chi connectivity index (χ4n) is 5.47. The van der Waals surface area contributed by atoms with E-state index in [0.29, 0.717) is 41.8 Å². The van der Waals surface area contributed by atoms with Gasteiger partial charge in [-0.1, -0.05) is 97.1 Å². The molecule has 0 radical (unpaired) electrons. The molecule has 3 aromatic rings. The van der Waals surface area contributed by atoms with Gasteiger partial charge >= 0.3 is 0 Å². The minimum Gasteiger partial charge on any atom is -0.333 e. The number of amides is 1. The largest absolute Gasteiger partial charge is 0.333 e. The van der Waals surface area contributed by atoms with Crippen molar-refractivity contribution in [3.8, 4) is 5.69 Å². The molecule has 0 aliphatic carbocycles. The zero-order chi connectivity index (χ0) is 28.7. The summed E-state index contributed by atoms with van der Waals surface area (Å²) in [6, 6.07) is 12.9. The van der Waals surface area contributed by atoms with Crippen LogP contribution in [0, 0.1) is 5.82 Å². The lowest BCUT2D eigenvalue weighted by Gasteiger charge is -2.32. The zero-order valence-electron chi connectivity index (χ0n) is 24.8. The molecule has 0 bridgehead atoms. The van der Waals surface area contributed by atoms with Gasteiger partial charge in [-0.3, -0.25) is 14.2 Å². The molecule has 3 rings (SSSR count). The normalized spacial score (nSPS) is 12.1. The van der Waals surface area contributed by atoms with Gasteiger partial charge in [0.05, 0.1) is 22.6 Å². The van der Waals surface area contributed by atoms with Crippen molar-refractivity contribution in [3.05, 3.63) is 70.5 Å². The highest BCUT2D eigenvalue weighted by molar-refractivity contribution is 5.79. The number of rotatable bonds is 18. The highest BCUT2D eigenvalue weighted by Crippen LogP contribution is 2.28. The van der Waals surface area contributed by atoms with Gasteiger partial charge in [-0.05, 0) is 55.7 Å². The maximum atomic E-state index is 13.8. The molecule has 218 valence electrons. The molecule has 1 unspecified atom stereocenters. The average Bonchev–Trinajstić information content (AvgIpc) is 2.96. The quantitative estimate of drug-likeness (QED) is 0.149. The summed E-state index contributed by atoms with van der Waals surface area (Å²) in [5.74, 6) is 0.296. The van der Waals surface area contributed by atoms with Crippen molar-refractivity contribution < 1.29 is 9.18 Å². The van der Waals surface area contributed by atoms with Gasteiger partial charge < -0.3 is 4.90 Å². The minimum atomic E-state index is -0.364. The minimum absolute atomic E-state index is 0.124. The number of hydrogen-bond donors (Lipinski definition) is 0. The molecule has 6 heteroatoms. The summed E-state index contributed by atoms with van der Waals surface area (Å²) < 4.78 is 15.4. The van der Waals surface area contributed by atoms with Crippen molar-refractivity contribution in [3.63, 3.8) is 0 Å². The standard InChI is InChI=1S/C34H48FN3O2/c1-4-7-9-10-11-12-13-14-15-21-32(39)37(26-18-8-5-2)31(6-3)33-36-30-20-17-16-19-29(30)34(40)38(33)28-24-22-27(35)23-25-28/h16-17,19-20,22-25,31H,4-15,18,21,26H2,1-3H3. The molecule has 0 aliphatic heterocycles. The molecule has 1 aromatic heterocycles. The maximum absolute atomic E-state index is 13.8. The van der Waals surface area contributed by atoms with Crippen molar-refractivity contribution in [2.75, 3.05) is 6.54 Å². The van der Waals surface area contributed by atoms with Gasteiger partial charge in [0, 0.05) is 13.0 Å². The number of carbonyl (C=O) groups is 1. The molecule has 0 spiro atoms. The molecule has 1 heterocycles. The van der Waals surface area contributed by atoms with Crippen LogP contribution in [-0.2, 0) is 4.79 Å². The second-order valence-corrected chi connectivity index (χ2v) is 10.9. The topological polar surface area (TPSA) is 55.2 Å². The van der Waals surface area contributed by atoms with E-state index in [1.807, 2.05) is 30.0 Å². The van der Waals surface area contributed by atoms with Crippen LogP contribution in [0.3, 0.4) is 0 Å². The summed E-state index contributed by atoms with van der Waals surface area (Å²) in [5, 5.41) is 0.504. The van der Waals surface area contributed by atoms with Crippen LogP contribution in [0.15, 0.2) is 53.3 Å². The fourth-order valence-corrected chi connectivity index (χ4v) is 5.47. The van der Waals surface area contributed by atoms with Gasteiger partial charge in [0.2, 0.25) is 5.91 Å². The fraction of sp³-hybridized carbons (Fsp3) is 0.559. The number of aromatic nitrogens is 2. The molecule has 5 nitrogen and oxygen atoms in total. The number of fused-ring (bicyclic) bond motifs is 1. The Balaban J connectivity index is 1.86. The van der Waals surface area contributed by atoms with E-state index in [9.17, 15) is 14.0 Å². The summed E-state index contributed by atoms with van der Waals surface area (Å²) >= 11 is 0. The predicted molar refractivity (Wildman–Crippen MR) is 163 cm³/mol. The van der Waals surface area contributed by atoms with Gasteiger partial charge in [0.25, 0.3) is 5.56 Å². The third-order valence-corrected chi connectivity index (χ3v) is 7.76. The predicted octanol–water partition coefficient (Wildman–Crippen LogP) is 8.92. The molecular weight excluding hydrogens is 501 g/mol. The van der Waals surface area contributed by atoms with Crippen molar-refractivity contribution in [2.45, 2.75) is 117 Å². The Morgan fingerprint density at radius 1 is 0.825 bits per heavy atom. The monoisotopic (exact) mass is 549 g/mol. The van der Waals surface area contributed by atoms with E-state index >= 15 is 0 Å². The summed E-state index contributed by atoms with van der Waals surface area (Å²) in [4.78, 5) is 34.4. The van der Waals surface area contributed by atoms with E-state index < -0.39 is 0 Å². The van der Waals surface area contributed by atoms with Crippen molar-refractivity contribution in [1.82, 2.24) is 14.5 Å². The number of nitrogens with zero attached hydrogens (tertiary/aromatic N) is 3. The summed E-state index contributed by atoms with van der Waals surface area (Å²) in [7, 11) is 0. The van der Waals surface area contributed by atoms with E-state index in [1.165, 1.54) is 57.1 Å². The molecule has 0 aliphatic rings. The molecule has 1 atom stereocenters. The summed E-state index contributed by atoms with van der Waals surface area (Å²) in [6.07, 6.45) is 15.0. The van der Waals surface area contributed by atoms with Crippen LogP contribution in [0.4, 0.5) is 4.39 Å². The van der Waals surface area contributed by atoms with E-state index in [1.54, 1.807) is 22.8 Å². The van der Waals surface area contributed by atoms with Gasteiger partial charge in [0.1, 0.15) is 11.6 Å². The highest BCUT2D eigenvalue weighted by atomic mass is 19.1. The Labute approximate surface area is 239 Å². The highest BCUT2D eigenvalue weighted by Gasteiger charge is 2.28. The van der Waals surface area contributed by atoms with Crippen LogP contribution < -0.4 is 5.56 Å². The molecular formula is C34H48FN3O2. The number of hydrogen-bond acceptors (Lipinski definition) is 3. The molecule has 2 aromatic carbocycles. The lowest BCUT2D eigenvalue weighted by molar-refractivity contribution is -0.134. The van der Waals surface area contributed by atoms with E-state index in [0.717, 1.165) is 32.1 Å². The molecule has 0 fully saturated rings. The number of carbonyl (C=O) groups excluding carboxylic acids is 1. The lowest BCUT2D eigenvalue weighted by atomic mass is 10.0. The molecule has 40 heavy (non-hydrogen) atoms. The molecule has 1 amide bonds. The van der Waals surface area contributed by atoms with Crippen molar-refractivity contribution >= 4 is 16.8 Å². The smallest absolute Gasteiger partial charge is 0.266 e. The first-order chi connectivity index (χ1) is 19.5. The lowest BCUT2D eigenvalue weighted by Crippen LogP contribution is -2.39. The van der Waals surface area contributed by atoms with Crippen molar-refractivity contribution in [1.29, 1.82) is 0 Å². The van der Waals surface area contributed by atoms with Gasteiger partial charge in [-0.15, -0.1) is 0 Å². The SMILES string of the molecule is CCCCCCCCCCCC(=O)N(CCCCC)C(CC)c1nc2ccccc2c(=O)n1-c1ccc(F)cc1. The van der Waals surface area contributed by atoms with Crippen LogP contribution in [-0.4, -0.2) is 26.9 Å². The van der Waals surface area contributed by atoms with Crippen LogP contribution in [0.5, 0.6) is 0 Å². The maximum Gasteiger partial charge on any atom is 0.266 e.